The van der Waals surface area contributed by atoms with Gasteiger partial charge in [0.05, 0.1) is 0 Å². The molecule has 2 aliphatic rings. The summed E-state index contributed by atoms with van der Waals surface area (Å²) in [7, 11) is 0. The fraction of sp³-hybridized carbons (Fsp3) is 0.478. The fourth-order valence-corrected chi connectivity index (χ4v) is 8.49. The van der Waals surface area contributed by atoms with Gasteiger partial charge in [0.15, 0.2) is 0 Å². The smallest absolute Gasteiger partial charge is 0.0240 e. The van der Waals surface area contributed by atoms with E-state index in [2.05, 4.69) is 122 Å². The van der Waals surface area contributed by atoms with E-state index >= 15 is 0 Å². The average Bonchev–Trinajstić information content (AvgIpc) is 3.09. The molecule has 0 bridgehead atoms. The zero-order valence-electron chi connectivity index (χ0n) is 30.4. The number of aryl methyl sites for hydroxylation is 4. The van der Waals surface area contributed by atoms with E-state index in [-0.39, 0.29) is 0 Å². The van der Waals surface area contributed by atoms with Crippen LogP contribution in [0, 0.1) is 39.5 Å². The lowest BCUT2D eigenvalue weighted by molar-refractivity contribution is 0.186. The highest BCUT2D eigenvalue weighted by atomic mass is 15.1. The molecule has 2 fully saturated rings. The third-order valence-corrected chi connectivity index (χ3v) is 11.3. The van der Waals surface area contributed by atoms with E-state index in [1.165, 1.54) is 133 Å². The van der Waals surface area contributed by atoms with E-state index in [1.54, 1.807) is 0 Å². The van der Waals surface area contributed by atoms with Gasteiger partial charge in [-0.05, 0) is 110 Å². The van der Waals surface area contributed by atoms with Crippen LogP contribution in [0.5, 0.6) is 0 Å². The lowest BCUT2D eigenvalue weighted by atomic mass is 9.88. The predicted molar refractivity (Wildman–Crippen MR) is 205 cm³/mol. The zero-order valence-corrected chi connectivity index (χ0v) is 30.4. The highest BCUT2D eigenvalue weighted by Crippen LogP contribution is 2.29. The van der Waals surface area contributed by atoms with Gasteiger partial charge in [0.2, 0.25) is 0 Å². The van der Waals surface area contributed by atoms with E-state index in [0.717, 1.165) is 38.0 Å². The molecule has 2 nitrogen and oxygen atoms in total. The molecular formula is C46H60N2. The van der Waals surface area contributed by atoms with Gasteiger partial charge in [0, 0.05) is 39.3 Å². The Kier molecular flexibility index (Phi) is 12.2. The minimum atomic E-state index is 0.835. The van der Waals surface area contributed by atoms with Gasteiger partial charge in [0.1, 0.15) is 0 Å². The van der Waals surface area contributed by atoms with Crippen molar-refractivity contribution in [1.29, 1.82) is 0 Å². The quantitative estimate of drug-likeness (QED) is 0.143. The van der Waals surface area contributed by atoms with E-state index < -0.39 is 0 Å². The van der Waals surface area contributed by atoms with Crippen LogP contribution in [-0.4, -0.2) is 22.9 Å². The summed E-state index contributed by atoms with van der Waals surface area (Å²) in [6.45, 7) is 15.5. The fourth-order valence-electron chi connectivity index (χ4n) is 8.49. The van der Waals surface area contributed by atoms with Crippen molar-refractivity contribution in [3.8, 4) is 11.1 Å². The first-order valence-electron chi connectivity index (χ1n) is 19.1. The molecule has 6 rings (SSSR count). The number of rotatable bonds is 13. The summed E-state index contributed by atoms with van der Waals surface area (Å²) in [6.07, 6.45) is 14.0. The first kappa shape index (κ1) is 34.7. The highest BCUT2D eigenvalue weighted by molar-refractivity contribution is 5.64. The van der Waals surface area contributed by atoms with Crippen LogP contribution in [0.4, 0.5) is 0 Å². The molecule has 0 heterocycles. The molecule has 2 saturated carbocycles. The van der Waals surface area contributed by atoms with Gasteiger partial charge in [-0.15, -0.1) is 0 Å². The van der Waals surface area contributed by atoms with Gasteiger partial charge in [-0.25, -0.2) is 0 Å². The second-order valence-electron chi connectivity index (χ2n) is 15.6. The van der Waals surface area contributed by atoms with Crippen LogP contribution >= 0.6 is 0 Å². The highest BCUT2D eigenvalue weighted by Gasteiger charge is 2.20. The van der Waals surface area contributed by atoms with Crippen molar-refractivity contribution in [1.82, 2.24) is 9.80 Å². The van der Waals surface area contributed by atoms with Crippen molar-refractivity contribution >= 4 is 0 Å². The summed E-state index contributed by atoms with van der Waals surface area (Å²) in [5.74, 6) is 1.67. The van der Waals surface area contributed by atoms with Crippen molar-refractivity contribution in [3.63, 3.8) is 0 Å². The molecule has 254 valence electrons. The summed E-state index contributed by atoms with van der Waals surface area (Å²) < 4.78 is 0. The van der Waals surface area contributed by atoms with Crippen LogP contribution in [0.2, 0.25) is 0 Å². The molecule has 4 aromatic rings. The van der Waals surface area contributed by atoms with Gasteiger partial charge in [-0.2, -0.15) is 0 Å². The van der Waals surface area contributed by atoms with Crippen LogP contribution in [-0.2, 0) is 26.2 Å². The average molecular weight is 641 g/mol. The molecule has 0 radical (unpaired) electrons. The molecule has 48 heavy (non-hydrogen) atoms. The summed E-state index contributed by atoms with van der Waals surface area (Å²) >= 11 is 0. The number of benzene rings is 4. The first-order valence-corrected chi connectivity index (χ1v) is 19.1. The third kappa shape index (κ3) is 9.93. The van der Waals surface area contributed by atoms with Crippen LogP contribution in [0.15, 0.2) is 84.9 Å². The van der Waals surface area contributed by atoms with Crippen molar-refractivity contribution in [3.05, 3.63) is 129 Å². The van der Waals surface area contributed by atoms with Crippen molar-refractivity contribution in [2.24, 2.45) is 11.8 Å². The predicted octanol–water partition coefficient (Wildman–Crippen LogP) is 11.8. The van der Waals surface area contributed by atoms with Gasteiger partial charge in [0.25, 0.3) is 0 Å². The summed E-state index contributed by atoms with van der Waals surface area (Å²) in [5, 5.41) is 0. The third-order valence-electron chi connectivity index (χ3n) is 11.3. The number of hydrogen-bond donors (Lipinski definition) is 0. The molecule has 4 aromatic carbocycles. The Hall–Kier alpha value is -3.20. The lowest BCUT2D eigenvalue weighted by Crippen LogP contribution is -2.30. The summed E-state index contributed by atoms with van der Waals surface area (Å²) in [4.78, 5) is 5.43. The van der Waals surface area contributed by atoms with E-state index in [9.17, 15) is 0 Å². The van der Waals surface area contributed by atoms with E-state index in [4.69, 9.17) is 0 Å². The molecule has 0 atom stereocenters. The zero-order chi connectivity index (χ0) is 33.3. The van der Waals surface area contributed by atoms with Crippen LogP contribution in [0.3, 0.4) is 0 Å². The minimum absolute atomic E-state index is 0.835. The number of nitrogens with zero attached hydrogens (tertiary/aromatic N) is 2. The molecule has 0 aromatic heterocycles. The normalized spacial score (nSPS) is 16.2. The van der Waals surface area contributed by atoms with Gasteiger partial charge in [-0.3, -0.25) is 9.80 Å². The Bertz CT molecular complexity index is 1450. The largest absolute Gasteiger partial charge is 0.295 e. The molecule has 0 unspecified atom stereocenters. The molecule has 0 saturated heterocycles. The maximum absolute atomic E-state index is 2.72. The second-order valence-corrected chi connectivity index (χ2v) is 15.6. The first-order chi connectivity index (χ1) is 23.4. The second kappa shape index (κ2) is 17.0. The van der Waals surface area contributed by atoms with Crippen LogP contribution in [0.25, 0.3) is 11.1 Å². The summed E-state index contributed by atoms with van der Waals surface area (Å²) in [6, 6.07) is 32.8. The Morgan fingerprint density at radius 1 is 0.438 bits per heavy atom. The Morgan fingerprint density at radius 2 is 0.812 bits per heavy atom. The molecule has 0 amide bonds. The van der Waals surface area contributed by atoms with Gasteiger partial charge in [-0.1, -0.05) is 135 Å². The Balaban J connectivity index is 1.11. The van der Waals surface area contributed by atoms with Crippen molar-refractivity contribution < 1.29 is 0 Å². The maximum Gasteiger partial charge on any atom is 0.0240 e. The molecular weight excluding hydrogens is 581 g/mol. The SMILES string of the molecule is Cc1ccc(CN(Cc2ccc(-c3ccc(CN(Cc4ccc(C)cc4C)CC4CCCCC4)cc3)cc2)CC2CCCCC2)c(C)c1. The molecule has 0 aliphatic heterocycles. The van der Waals surface area contributed by atoms with Crippen LogP contribution in [0.1, 0.15) is 109 Å². The summed E-state index contributed by atoms with van der Waals surface area (Å²) in [5.41, 5.74) is 14.0. The number of hydrogen-bond acceptors (Lipinski definition) is 2. The van der Waals surface area contributed by atoms with Gasteiger partial charge < -0.3 is 0 Å². The molecule has 2 aliphatic carbocycles. The van der Waals surface area contributed by atoms with Crippen molar-refractivity contribution in [2.75, 3.05) is 13.1 Å². The minimum Gasteiger partial charge on any atom is -0.295 e. The topological polar surface area (TPSA) is 6.48 Å². The van der Waals surface area contributed by atoms with Gasteiger partial charge >= 0.3 is 0 Å². The Morgan fingerprint density at radius 3 is 1.17 bits per heavy atom. The molecule has 2 heteroatoms. The Labute approximate surface area is 292 Å². The standard InChI is InChI=1S/C46H60N2/c1-35-15-21-45(37(3)27-35)33-47(29-39-11-7-5-8-12-39)31-41-17-23-43(24-18-41)44-25-19-42(20-26-44)32-48(30-40-13-9-6-10-14-40)34-46-22-16-36(2)28-38(46)4/h15-28,39-40H,5-14,29-34H2,1-4H3. The molecule has 0 N–H and O–H groups in total. The van der Waals surface area contributed by atoms with E-state index in [0.29, 0.717) is 0 Å². The maximum atomic E-state index is 2.72. The van der Waals surface area contributed by atoms with Crippen molar-refractivity contribution in [2.45, 2.75) is 118 Å². The van der Waals surface area contributed by atoms with Crippen LogP contribution < -0.4 is 0 Å². The monoisotopic (exact) mass is 640 g/mol. The molecule has 0 spiro atoms. The lowest BCUT2D eigenvalue weighted by Gasteiger charge is -2.30. The van der Waals surface area contributed by atoms with E-state index in [1.807, 2.05) is 0 Å².